The van der Waals surface area contributed by atoms with Gasteiger partial charge >= 0.3 is 5.97 Å². The lowest BCUT2D eigenvalue weighted by molar-refractivity contribution is -0.144. The second kappa shape index (κ2) is 7.11. The van der Waals surface area contributed by atoms with Crippen LogP contribution in [-0.4, -0.2) is 34.2 Å². The molecular formula is C13H16ClNO4. The average Bonchev–Trinajstić information content (AvgIpc) is 2.34. The van der Waals surface area contributed by atoms with Crippen LogP contribution in [0.1, 0.15) is 18.9 Å². The van der Waals surface area contributed by atoms with E-state index in [1.165, 1.54) is 6.92 Å². The van der Waals surface area contributed by atoms with Gasteiger partial charge in [0.25, 0.3) is 0 Å². The van der Waals surface area contributed by atoms with Crippen LogP contribution in [0.25, 0.3) is 0 Å². The number of halogens is 1. The van der Waals surface area contributed by atoms with Crippen molar-refractivity contribution < 1.29 is 19.8 Å². The van der Waals surface area contributed by atoms with Crippen LogP contribution in [0.15, 0.2) is 24.3 Å². The minimum absolute atomic E-state index is 0.111. The van der Waals surface area contributed by atoms with Crippen molar-refractivity contribution in [2.75, 3.05) is 0 Å². The highest BCUT2D eigenvalue weighted by Crippen LogP contribution is 2.16. The summed E-state index contributed by atoms with van der Waals surface area (Å²) in [6.45, 7) is 1.31. The van der Waals surface area contributed by atoms with E-state index in [0.29, 0.717) is 11.4 Å². The summed E-state index contributed by atoms with van der Waals surface area (Å²) in [5.41, 5.74) is 0.822. The maximum absolute atomic E-state index is 11.6. The highest BCUT2D eigenvalue weighted by atomic mass is 35.5. The van der Waals surface area contributed by atoms with E-state index < -0.39 is 24.0 Å². The van der Waals surface area contributed by atoms with Crippen LogP contribution in [0.3, 0.4) is 0 Å². The van der Waals surface area contributed by atoms with Crippen molar-refractivity contribution in [1.82, 2.24) is 5.32 Å². The molecule has 6 heteroatoms. The van der Waals surface area contributed by atoms with Gasteiger partial charge in [-0.1, -0.05) is 29.8 Å². The summed E-state index contributed by atoms with van der Waals surface area (Å²) in [6, 6.07) is 5.84. The molecule has 104 valence electrons. The minimum Gasteiger partial charge on any atom is -0.480 e. The fourth-order valence-corrected chi connectivity index (χ4v) is 1.81. The molecule has 1 amide bonds. The zero-order valence-electron chi connectivity index (χ0n) is 10.5. The standard InChI is InChI=1S/C13H16ClNO4/c1-8(16)12(13(18)19)15-11(17)7-6-9-4-2-3-5-10(9)14/h2-5,8,12,16H,6-7H2,1H3,(H,15,17)(H,18,19). The van der Waals surface area contributed by atoms with Gasteiger partial charge in [-0.2, -0.15) is 0 Å². The summed E-state index contributed by atoms with van der Waals surface area (Å²) in [6.07, 6.45) is -0.625. The Morgan fingerprint density at radius 3 is 2.53 bits per heavy atom. The third-order valence-electron chi connectivity index (χ3n) is 2.64. The van der Waals surface area contributed by atoms with Crippen LogP contribution < -0.4 is 5.32 Å². The molecule has 1 aromatic rings. The van der Waals surface area contributed by atoms with Crippen molar-refractivity contribution >= 4 is 23.5 Å². The molecule has 3 N–H and O–H groups in total. The van der Waals surface area contributed by atoms with Gasteiger partial charge < -0.3 is 15.5 Å². The van der Waals surface area contributed by atoms with E-state index in [2.05, 4.69) is 5.32 Å². The Labute approximate surface area is 116 Å². The van der Waals surface area contributed by atoms with Crippen molar-refractivity contribution in [1.29, 1.82) is 0 Å². The number of hydrogen-bond donors (Lipinski definition) is 3. The fourth-order valence-electron chi connectivity index (χ4n) is 1.58. The fraction of sp³-hybridized carbons (Fsp3) is 0.385. The third kappa shape index (κ3) is 4.89. The predicted octanol–water partition coefficient (Wildman–Crippen LogP) is 1.22. The lowest BCUT2D eigenvalue weighted by Gasteiger charge is -2.17. The van der Waals surface area contributed by atoms with Crippen molar-refractivity contribution in [3.63, 3.8) is 0 Å². The molecule has 0 spiro atoms. The molecule has 5 nitrogen and oxygen atoms in total. The molecule has 2 atom stereocenters. The SMILES string of the molecule is CC(O)C(NC(=O)CCc1ccccc1Cl)C(=O)O. The number of nitrogens with one attached hydrogen (secondary N) is 1. The molecule has 0 fully saturated rings. The molecule has 19 heavy (non-hydrogen) atoms. The van der Waals surface area contributed by atoms with E-state index in [1.54, 1.807) is 18.2 Å². The van der Waals surface area contributed by atoms with Gasteiger partial charge in [0.1, 0.15) is 0 Å². The summed E-state index contributed by atoms with van der Waals surface area (Å²) < 4.78 is 0. The molecule has 0 radical (unpaired) electrons. The average molecular weight is 286 g/mol. The number of carbonyl (C=O) groups is 2. The van der Waals surface area contributed by atoms with Gasteiger partial charge in [0.15, 0.2) is 6.04 Å². The molecule has 0 saturated heterocycles. The Kier molecular flexibility index (Phi) is 5.79. The lowest BCUT2D eigenvalue weighted by Crippen LogP contribution is -2.47. The molecule has 0 saturated carbocycles. The zero-order chi connectivity index (χ0) is 14.4. The molecule has 1 rings (SSSR count). The molecule has 0 aliphatic heterocycles. The van der Waals surface area contributed by atoms with Crippen molar-refractivity contribution in [3.8, 4) is 0 Å². The highest BCUT2D eigenvalue weighted by molar-refractivity contribution is 6.31. The number of aryl methyl sites for hydroxylation is 1. The summed E-state index contributed by atoms with van der Waals surface area (Å²) in [5, 5.41) is 20.9. The second-order valence-electron chi connectivity index (χ2n) is 4.22. The van der Waals surface area contributed by atoms with E-state index in [4.69, 9.17) is 16.7 Å². The third-order valence-corrected chi connectivity index (χ3v) is 3.01. The van der Waals surface area contributed by atoms with Crippen LogP contribution in [0, 0.1) is 0 Å². The first kappa shape index (κ1) is 15.5. The molecule has 0 aliphatic carbocycles. The first-order valence-electron chi connectivity index (χ1n) is 5.85. The first-order chi connectivity index (χ1) is 8.91. The summed E-state index contributed by atoms with van der Waals surface area (Å²) in [7, 11) is 0. The van der Waals surface area contributed by atoms with Gasteiger partial charge in [-0.15, -0.1) is 0 Å². The molecule has 2 unspecified atom stereocenters. The molecular weight excluding hydrogens is 270 g/mol. The van der Waals surface area contributed by atoms with E-state index in [1.807, 2.05) is 6.07 Å². The van der Waals surface area contributed by atoms with Crippen molar-refractivity contribution in [2.45, 2.75) is 31.9 Å². The van der Waals surface area contributed by atoms with Gasteiger partial charge in [-0.25, -0.2) is 4.79 Å². The molecule has 0 heterocycles. The summed E-state index contributed by atoms with van der Waals surface area (Å²) in [4.78, 5) is 22.4. The van der Waals surface area contributed by atoms with E-state index in [0.717, 1.165) is 5.56 Å². The summed E-state index contributed by atoms with van der Waals surface area (Å²) >= 11 is 5.95. The maximum Gasteiger partial charge on any atom is 0.328 e. The van der Waals surface area contributed by atoms with Gasteiger partial charge in [-0.05, 0) is 25.0 Å². The minimum atomic E-state index is -1.29. The highest BCUT2D eigenvalue weighted by Gasteiger charge is 2.24. The van der Waals surface area contributed by atoms with Crippen LogP contribution in [0.5, 0.6) is 0 Å². The maximum atomic E-state index is 11.6. The van der Waals surface area contributed by atoms with E-state index in [9.17, 15) is 14.7 Å². The summed E-state index contributed by atoms with van der Waals surface area (Å²) in [5.74, 6) is -1.70. The van der Waals surface area contributed by atoms with E-state index in [-0.39, 0.29) is 6.42 Å². The number of amides is 1. The van der Waals surface area contributed by atoms with Gasteiger partial charge in [0.05, 0.1) is 6.10 Å². The van der Waals surface area contributed by atoms with Crippen molar-refractivity contribution in [2.24, 2.45) is 0 Å². The Balaban J connectivity index is 2.52. The second-order valence-corrected chi connectivity index (χ2v) is 4.62. The Morgan fingerprint density at radius 1 is 1.37 bits per heavy atom. The number of carboxylic acids is 1. The Hall–Kier alpha value is -1.59. The predicted molar refractivity (Wildman–Crippen MR) is 71.0 cm³/mol. The normalized spacial score (nSPS) is 13.6. The number of aliphatic carboxylic acids is 1. The number of hydrogen-bond acceptors (Lipinski definition) is 3. The quantitative estimate of drug-likeness (QED) is 0.733. The van der Waals surface area contributed by atoms with Gasteiger partial charge in [0, 0.05) is 11.4 Å². The Morgan fingerprint density at radius 2 is 2.00 bits per heavy atom. The molecule has 0 bridgehead atoms. The largest absolute Gasteiger partial charge is 0.480 e. The number of carboxylic acid groups (broad SMARTS) is 1. The zero-order valence-corrected chi connectivity index (χ0v) is 11.2. The van der Waals surface area contributed by atoms with Crippen LogP contribution in [0.2, 0.25) is 5.02 Å². The molecule has 1 aromatic carbocycles. The van der Waals surface area contributed by atoms with Crippen LogP contribution in [0.4, 0.5) is 0 Å². The lowest BCUT2D eigenvalue weighted by atomic mass is 10.1. The topological polar surface area (TPSA) is 86.6 Å². The molecule has 0 aliphatic rings. The van der Waals surface area contributed by atoms with Crippen molar-refractivity contribution in [3.05, 3.63) is 34.9 Å². The number of benzene rings is 1. The van der Waals surface area contributed by atoms with Gasteiger partial charge in [-0.3, -0.25) is 4.79 Å². The van der Waals surface area contributed by atoms with E-state index >= 15 is 0 Å². The smallest absolute Gasteiger partial charge is 0.328 e. The number of rotatable bonds is 6. The molecule has 0 aromatic heterocycles. The van der Waals surface area contributed by atoms with Crippen LogP contribution >= 0.6 is 11.6 Å². The monoisotopic (exact) mass is 285 g/mol. The number of carbonyl (C=O) groups excluding carboxylic acids is 1. The number of aliphatic hydroxyl groups is 1. The number of aliphatic hydroxyl groups excluding tert-OH is 1. The van der Waals surface area contributed by atoms with Crippen LogP contribution in [-0.2, 0) is 16.0 Å². The first-order valence-corrected chi connectivity index (χ1v) is 6.23. The Bertz CT molecular complexity index is 462. The van der Waals surface area contributed by atoms with Gasteiger partial charge in [0.2, 0.25) is 5.91 Å².